The van der Waals surface area contributed by atoms with Gasteiger partial charge in [0.25, 0.3) is 10.0 Å². The molecule has 0 saturated carbocycles. The van der Waals surface area contributed by atoms with E-state index in [4.69, 9.17) is 0 Å². The highest BCUT2D eigenvalue weighted by atomic mass is 32.2. The first-order valence-electron chi connectivity index (χ1n) is 6.71. The Morgan fingerprint density at radius 2 is 1.32 bits per heavy atom. The van der Waals surface area contributed by atoms with E-state index in [2.05, 4.69) is 5.10 Å². The van der Waals surface area contributed by atoms with E-state index >= 15 is 0 Å². The summed E-state index contributed by atoms with van der Waals surface area (Å²) in [4.78, 5) is 1.50. The number of hydrogen-bond acceptors (Lipinski definition) is 3. The van der Waals surface area contributed by atoms with Gasteiger partial charge < -0.3 is 0 Å². The molecule has 10 heteroatoms. The van der Waals surface area contributed by atoms with Crippen LogP contribution in [0.25, 0.3) is 0 Å². The number of rotatable bonds is 4. The van der Waals surface area contributed by atoms with Crippen LogP contribution in [0.4, 0.5) is 22.0 Å². The number of nitrogens with zero attached hydrogens (tertiary/aromatic N) is 1. The molecule has 0 fully saturated rings. The molecule has 0 aliphatic rings. The lowest BCUT2D eigenvalue weighted by molar-refractivity contribution is 0.377. The van der Waals surface area contributed by atoms with Crippen molar-refractivity contribution < 1.29 is 30.4 Å². The van der Waals surface area contributed by atoms with Crippen LogP contribution in [0.1, 0.15) is 18.1 Å². The van der Waals surface area contributed by atoms with Gasteiger partial charge in [0.2, 0.25) is 5.82 Å². The number of hydrazone groups is 1. The number of halogens is 5. The molecule has 0 atom stereocenters. The van der Waals surface area contributed by atoms with Crippen molar-refractivity contribution in [3.05, 3.63) is 64.5 Å². The molecule has 0 aliphatic carbocycles. The molecule has 2 aromatic carbocycles. The first kappa shape index (κ1) is 18.8. The Bertz CT molecular complexity index is 928. The van der Waals surface area contributed by atoms with Crippen LogP contribution in [0.15, 0.2) is 34.3 Å². The lowest BCUT2D eigenvalue weighted by atomic mass is 10.1. The molecule has 0 saturated heterocycles. The summed E-state index contributed by atoms with van der Waals surface area (Å²) in [5.74, 6) is -10.8. The number of nitrogens with one attached hydrogen (secondary N) is 1. The quantitative estimate of drug-likeness (QED) is 0.292. The highest BCUT2D eigenvalue weighted by Gasteiger charge is 2.27. The molecule has 0 aliphatic heterocycles. The third-order valence-electron chi connectivity index (χ3n) is 3.24. The van der Waals surface area contributed by atoms with Gasteiger partial charge in [0.15, 0.2) is 23.3 Å². The highest BCUT2D eigenvalue weighted by molar-refractivity contribution is 7.89. The lowest BCUT2D eigenvalue weighted by Crippen LogP contribution is -2.21. The predicted octanol–water partition coefficient (Wildman–Crippen LogP) is 3.39. The summed E-state index contributed by atoms with van der Waals surface area (Å²) in [6, 6.07) is 5.55. The average molecular weight is 378 g/mol. The van der Waals surface area contributed by atoms with Crippen LogP contribution >= 0.6 is 0 Å². The van der Waals surface area contributed by atoms with Crippen LogP contribution in [0.2, 0.25) is 0 Å². The van der Waals surface area contributed by atoms with Gasteiger partial charge in [0.1, 0.15) is 0 Å². The topological polar surface area (TPSA) is 58.5 Å². The summed E-state index contributed by atoms with van der Waals surface area (Å²) < 4.78 is 90.8. The Balaban J connectivity index is 2.42. The average Bonchev–Trinajstić information content (AvgIpc) is 2.57. The van der Waals surface area contributed by atoms with E-state index in [1.54, 1.807) is 11.8 Å². The molecule has 25 heavy (non-hydrogen) atoms. The third kappa shape index (κ3) is 3.63. The second-order valence-corrected chi connectivity index (χ2v) is 6.71. The fraction of sp³-hybridized carbons (Fsp3) is 0.133. The Kier molecular flexibility index (Phi) is 5.12. The second-order valence-electron chi connectivity index (χ2n) is 5.05. The van der Waals surface area contributed by atoms with E-state index in [0.29, 0.717) is 0 Å². The largest absolute Gasteiger partial charge is 0.276 e. The van der Waals surface area contributed by atoms with Crippen LogP contribution in [-0.2, 0) is 10.0 Å². The SMILES string of the molecule is C/C(=N\NS(=O)(=O)c1ccc(C)cc1)c1c(F)c(F)c(F)c(F)c1F. The molecule has 0 bridgehead atoms. The van der Waals surface area contributed by atoms with Gasteiger partial charge in [0, 0.05) is 0 Å². The highest BCUT2D eigenvalue weighted by Crippen LogP contribution is 2.23. The minimum absolute atomic E-state index is 0.188. The Hall–Kier alpha value is -2.49. The van der Waals surface area contributed by atoms with E-state index in [1.807, 2.05) is 0 Å². The molecular weight excluding hydrogens is 367 g/mol. The van der Waals surface area contributed by atoms with E-state index in [-0.39, 0.29) is 4.90 Å². The minimum atomic E-state index is -4.18. The summed E-state index contributed by atoms with van der Waals surface area (Å²) in [7, 11) is -4.18. The predicted molar refractivity (Wildman–Crippen MR) is 79.9 cm³/mol. The van der Waals surface area contributed by atoms with Gasteiger partial charge in [-0.15, -0.1) is 0 Å². The van der Waals surface area contributed by atoms with Crippen LogP contribution < -0.4 is 4.83 Å². The molecule has 4 nitrogen and oxygen atoms in total. The van der Waals surface area contributed by atoms with Crippen molar-refractivity contribution in [3.63, 3.8) is 0 Å². The Morgan fingerprint density at radius 3 is 1.80 bits per heavy atom. The molecule has 0 unspecified atom stereocenters. The molecule has 0 radical (unpaired) electrons. The molecule has 0 spiro atoms. The summed E-state index contributed by atoms with van der Waals surface area (Å²) >= 11 is 0. The van der Waals surface area contributed by atoms with Crippen LogP contribution in [0.3, 0.4) is 0 Å². The number of benzene rings is 2. The first-order chi connectivity index (χ1) is 11.6. The summed E-state index contributed by atoms with van der Waals surface area (Å²) in [5, 5.41) is 3.24. The number of aryl methyl sites for hydroxylation is 1. The molecule has 134 valence electrons. The first-order valence-corrected chi connectivity index (χ1v) is 8.19. The Labute approximate surface area is 140 Å². The van der Waals surface area contributed by atoms with Gasteiger partial charge in [-0.2, -0.15) is 18.4 Å². The maximum Gasteiger partial charge on any atom is 0.276 e. The maximum atomic E-state index is 13.7. The Morgan fingerprint density at radius 1 is 0.880 bits per heavy atom. The maximum absolute atomic E-state index is 13.7. The number of sulfonamides is 1. The summed E-state index contributed by atoms with van der Waals surface area (Å²) in [5.41, 5.74) is -1.26. The monoisotopic (exact) mass is 378 g/mol. The van der Waals surface area contributed by atoms with Crippen molar-refractivity contribution in [3.8, 4) is 0 Å². The molecular formula is C15H11F5N2O2S. The van der Waals surface area contributed by atoms with E-state index in [1.165, 1.54) is 24.3 Å². The molecule has 1 N–H and O–H groups in total. The van der Waals surface area contributed by atoms with Crippen molar-refractivity contribution in [1.82, 2.24) is 4.83 Å². The lowest BCUT2D eigenvalue weighted by Gasteiger charge is -2.09. The van der Waals surface area contributed by atoms with E-state index in [0.717, 1.165) is 12.5 Å². The zero-order chi connectivity index (χ0) is 18.9. The standard InChI is InChI=1S/C15H11F5N2O2S/c1-7-3-5-9(6-4-7)25(23,24)22-21-8(2)10-11(16)13(18)15(20)14(19)12(10)17/h3-6,22H,1-2H3/b21-8+. The van der Waals surface area contributed by atoms with Crippen LogP contribution in [-0.4, -0.2) is 14.1 Å². The molecule has 2 rings (SSSR count). The molecule has 2 aromatic rings. The van der Waals surface area contributed by atoms with Crippen molar-refractivity contribution in [2.75, 3.05) is 0 Å². The van der Waals surface area contributed by atoms with Crippen molar-refractivity contribution >= 4 is 15.7 Å². The smallest absolute Gasteiger partial charge is 0.203 e. The van der Waals surface area contributed by atoms with Crippen molar-refractivity contribution in [1.29, 1.82) is 0 Å². The molecule has 0 amide bonds. The van der Waals surface area contributed by atoms with Crippen LogP contribution in [0, 0.1) is 36.0 Å². The van der Waals surface area contributed by atoms with Gasteiger partial charge in [-0.1, -0.05) is 17.7 Å². The van der Waals surface area contributed by atoms with Gasteiger partial charge >= 0.3 is 0 Å². The molecule has 0 aromatic heterocycles. The van der Waals surface area contributed by atoms with Crippen molar-refractivity contribution in [2.24, 2.45) is 5.10 Å². The second kappa shape index (κ2) is 6.79. The van der Waals surface area contributed by atoms with Crippen molar-refractivity contribution in [2.45, 2.75) is 18.7 Å². The summed E-state index contributed by atoms with van der Waals surface area (Å²) in [6.45, 7) is 2.63. The zero-order valence-corrected chi connectivity index (χ0v) is 13.7. The minimum Gasteiger partial charge on any atom is -0.203 e. The fourth-order valence-electron chi connectivity index (χ4n) is 1.88. The fourth-order valence-corrected chi connectivity index (χ4v) is 2.73. The van der Waals surface area contributed by atoms with E-state index in [9.17, 15) is 30.4 Å². The van der Waals surface area contributed by atoms with Gasteiger partial charge in [-0.05, 0) is 26.0 Å². The zero-order valence-electron chi connectivity index (χ0n) is 12.9. The summed E-state index contributed by atoms with van der Waals surface area (Å²) in [6.07, 6.45) is 0. The third-order valence-corrected chi connectivity index (χ3v) is 4.46. The van der Waals surface area contributed by atoms with E-state index < -0.39 is 50.4 Å². The molecule has 0 heterocycles. The van der Waals surface area contributed by atoms with Gasteiger partial charge in [0.05, 0.1) is 16.2 Å². The normalized spacial score (nSPS) is 12.4. The number of hydrogen-bond donors (Lipinski definition) is 1. The van der Waals surface area contributed by atoms with Crippen LogP contribution in [0.5, 0.6) is 0 Å². The van der Waals surface area contributed by atoms with Gasteiger partial charge in [-0.3, -0.25) is 0 Å². The van der Waals surface area contributed by atoms with Gasteiger partial charge in [-0.25, -0.2) is 22.0 Å².